The first kappa shape index (κ1) is 22.2. The number of nitro groups is 2. The fraction of sp³-hybridized carbons (Fsp3) is 0.0476. The Morgan fingerprint density at radius 2 is 1.79 bits per heavy atom. The third-order valence-electron chi connectivity index (χ3n) is 4.65. The molecule has 1 fully saturated rings. The molecule has 10 nitrogen and oxygen atoms in total. The van der Waals surface area contributed by atoms with E-state index < -0.39 is 15.8 Å². The molecule has 0 radical (unpaired) electrons. The molecule has 1 amide bonds. The standard InChI is InChI=1S/C21H13N3O7S2/c1-30-18-10-14(24(28)29)5-7-16(18)17-8-6-15(31-17)11-19-20(25)22(21(32)33-19)12-3-2-4-13(9-12)23(26)27/h2-11H,1H3/b19-11-. The number of hydrogen-bond acceptors (Lipinski definition) is 9. The molecule has 0 atom stereocenters. The monoisotopic (exact) mass is 483 g/mol. The van der Waals surface area contributed by atoms with Crippen molar-refractivity contribution in [1.82, 2.24) is 0 Å². The van der Waals surface area contributed by atoms with Crippen molar-refractivity contribution < 1.29 is 23.8 Å². The molecule has 2 heterocycles. The molecule has 1 aliphatic heterocycles. The predicted molar refractivity (Wildman–Crippen MR) is 126 cm³/mol. The lowest BCUT2D eigenvalue weighted by atomic mass is 10.1. The van der Waals surface area contributed by atoms with Crippen molar-refractivity contribution in [2.24, 2.45) is 0 Å². The van der Waals surface area contributed by atoms with Crippen LogP contribution < -0.4 is 9.64 Å². The van der Waals surface area contributed by atoms with Crippen LogP contribution in [0.5, 0.6) is 5.75 Å². The molecular weight excluding hydrogens is 470 g/mol. The van der Waals surface area contributed by atoms with Crippen LogP contribution in [0.3, 0.4) is 0 Å². The van der Waals surface area contributed by atoms with E-state index in [0.29, 0.717) is 22.8 Å². The number of carbonyl (C=O) groups is 1. The lowest BCUT2D eigenvalue weighted by Gasteiger charge is -2.13. The molecule has 12 heteroatoms. The van der Waals surface area contributed by atoms with E-state index in [1.807, 2.05) is 0 Å². The van der Waals surface area contributed by atoms with Gasteiger partial charge in [-0.15, -0.1) is 0 Å². The average Bonchev–Trinajstić information content (AvgIpc) is 3.37. The largest absolute Gasteiger partial charge is 0.496 e. The number of non-ortho nitro benzene ring substituents is 2. The summed E-state index contributed by atoms with van der Waals surface area (Å²) < 4.78 is 11.3. The smallest absolute Gasteiger partial charge is 0.273 e. The summed E-state index contributed by atoms with van der Waals surface area (Å²) in [6, 6.07) is 13.1. The quantitative estimate of drug-likeness (QED) is 0.201. The molecule has 4 rings (SSSR count). The number of nitro benzene ring substituents is 2. The Morgan fingerprint density at radius 3 is 2.48 bits per heavy atom. The lowest BCUT2D eigenvalue weighted by Crippen LogP contribution is -2.27. The Hall–Kier alpha value is -4.03. The number of thioether (sulfide) groups is 1. The Kier molecular flexibility index (Phi) is 5.94. The number of amides is 1. The number of anilines is 1. The third-order valence-corrected chi connectivity index (χ3v) is 5.96. The number of furan rings is 1. The van der Waals surface area contributed by atoms with Crippen LogP contribution in [0.15, 0.2) is 63.9 Å². The van der Waals surface area contributed by atoms with Crippen LogP contribution in [0, 0.1) is 20.2 Å². The van der Waals surface area contributed by atoms with E-state index in [1.165, 1.54) is 54.5 Å². The van der Waals surface area contributed by atoms with Gasteiger partial charge in [-0.25, -0.2) is 0 Å². The first-order chi connectivity index (χ1) is 15.8. The number of hydrogen-bond donors (Lipinski definition) is 0. The number of carbonyl (C=O) groups excluding carboxylic acids is 1. The number of ether oxygens (including phenoxy) is 1. The molecule has 0 aliphatic carbocycles. The maximum absolute atomic E-state index is 12.9. The Bertz CT molecular complexity index is 1350. The number of thiocarbonyl (C=S) groups is 1. The van der Waals surface area contributed by atoms with Gasteiger partial charge in [-0.05, 0) is 24.3 Å². The van der Waals surface area contributed by atoms with Gasteiger partial charge in [0.25, 0.3) is 17.3 Å². The van der Waals surface area contributed by atoms with Gasteiger partial charge in [0.05, 0.1) is 39.2 Å². The number of benzene rings is 2. The van der Waals surface area contributed by atoms with Gasteiger partial charge in [0.15, 0.2) is 4.32 Å². The maximum atomic E-state index is 12.9. The summed E-state index contributed by atoms with van der Waals surface area (Å²) >= 11 is 6.35. The summed E-state index contributed by atoms with van der Waals surface area (Å²) in [5, 5.41) is 22.0. The molecule has 1 aliphatic rings. The van der Waals surface area contributed by atoms with Crippen molar-refractivity contribution in [1.29, 1.82) is 0 Å². The Morgan fingerprint density at radius 1 is 1.06 bits per heavy atom. The lowest BCUT2D eigenvalue weighted by molar-refractivity contribution is -0.385. The van der Waals surface area contributed by atoms with Gasteiger partial charge in [-0.2, -0.15) is 0 Å². The molecule has 1 aromatic heterocycles. The zero-order valence-corrected chi connectivity index (χ0v) is 18.4. The van der Waals surface area contributed by atoms with Gasteiger partial charge in [0.2, 0.25) is 0 Å². The van der Waals surface area contributed by atoms with Gasteiger partial charge in [0.1, 0.15) is 17.3 Å². The van der Waals surface area contributed by atoms with Gasteiger partial charge >= 0.3 is 0 Å². The highest BCUT2D eigenvalue weighted by molar-refractivity contribution is 8.27. The number of methoxy groups -OCH3 is 1. The second-order valence-corrected chi connectivity index (χ2v) is 8.31. The molecular formula is C21H13N3O7S2. The average molecular weight is 483 g/mol. The minimum atomic E-state index is -0.548. The van der Waals surface area contributed by atoms with Crippen molar-refractivity contribution in [2.75, 3.05) is 12.0 Å². The minimum Gasteiger partial charge on any atom is -0.496 e. The highest BCUT2D eigenvalue weighted by Crippen LogP contribution is 2.38. The van der Waals surface area contributed by atoms with Crippen LogP contribution in [0.2, 0.25) is 0 Å². The number of rotatable bonds is 6. The van der Waals surface area contributed by atoms with Crippen LogP contribution in [-0.4, -0.2) is 27.2 Å². The molecule has 0 spiro atoms. The van der Waals surface area contributed by atoms with Crippen LogP contribution in [-0.2, 0) is 4.79 Å². The zero-order chi connectivity index (χ0) is 23.7. The molecule has 0 N–H and O–H groups in total. The fourth-order valence-electron chi connectivity index (χ4n) is 3.14. The minimum absolute atomic E-state index is 0.118. The van der Waals surface area contributed by atoms with Gasteiger partial charge in [-0.1, -0.05) is 30.0 Å². The third kappa shape index (κ3) is 4.33. The van der Waals surface area contributed by atoms with Crippen molar-refractivity contribution in [3.63, 3.8) is 0 Å². The van der Waals surface area contributed by atoms with E-state index in [-0.39, 0.29) is 26.3 Å². The number of nitrogens with zero attached hydrogens (tertiary/aromatic N) is 3. The molecule has 0 unspecified atom stereocenters. The molecule has 0 saturated carbocycles. The Labute approximate surface area is 195 Å². The SMILES string of the molecule is COc1cc([N+](=O)[O-])ccc1-c1ccc(/C=C2\SC(=S)N(c3cccc([N+](=O)[O-])c3)C2=O)o1. The van der Waals surface area contributed by atoms with E-state index >= 15 is 0 Å². The van der Waals surface area contributed by atoms with Crippen molar-refractivity contribution in [2.45, 2.75) is 0 Å². The van der Waals surface area contributed by atoms with Crippen LogP contribution in [0.1, 0.15) is 5.76 Å². The summed E-state index contributed by atoms with van der Waals surface area (Å²) in [7, 11) is 1.39. The topological polar surface area (TPSA) is 129 Å². The fourth-order valence-corrected chi connectivity index (χ4v) is 4.42. The summed E-state index contributed by atoms with van der Waals surface area (Å²) in [5.74, 6) is 0.575. The van der Waals surface area contributed by atoms with E-state index in [1.54, 1.807) is 18.2 Å². The second kappa shape index (κ2) is 8.84. The molecule has 0 bridgehead atoms. The maximum Gasteiger partial charge on any atom is 0.273 e. The van der Waals surface area contributed by atoms with Crippen molar-refractivity contribution in [3.8, 4) is 17.1 Å². The van der Waals surface area contributed by atoms with Crippen molar-refractivity contribution >= 4 is 57.3 Å². The zero-order valence-electron chi connectivity index (χ0n) is 16.8. The second-order valence-electron chi connectivity index (χ2n) is 6.64. The van der Waals surface area contributed by atoms with Crippen LogP contribution in [0.4, 0.5) is 17.1 Å². The predicted octanol–water partition coefficient (Wildman–Crippen LogP) is 5.18. The highest BCUT2D eigenvalue weighted by Gasteiger charge is 2.34. The summed E-state index contributed by atoms with van der Waals surface area (Å²) in [6.07, 6.45) is 1.51. The molecule has 1 saturated heterocycles. The first-order valence-corrected chi connectivity index (χ1v) is 10.5. The normalized spacial score (nSPS) is 14.7. The van der Waals surface area contributed by atoms with E-state index in [0.717, 1.165) is 11.8 Å². The summed E-state index contributed by atoms with van der Waals surface area (Å²) in [5.41, 5.74) is 0.531. The van der Waals surface area contributed by atoms with Crippen LogP contribution >= 0.6 is 24.0 Å². The first-order valence-electron chi connectivity index (χ1n) is 9.23. The van der Waals surface area contributed by atoms with E-state index in [2.05, 4.69) is 0 Å². The van der Waals surface area contributed by atoms with E-state index in [9.17, 15) is 25.0 Å². The molecule has 2 aromatic carbocycles. The van der Waals surface area contributed by atoms with E-state index in [4.69, 9.17) is 21.4 Å². The summed E-state index contributed by atoms with van der Waals surface area (Å²) in [6.45, 7) is 0. The summed E-state index contributed by atoms with van der Waals surface area (Å²) in [4.78, 5) is 35.4. The van der Waals surface area contributed by atoms with Gasteiger partial charge in [0, 0.05) is 24.3 Å². The van der Waals surface area contributed by atoms with Crippen molar-refractivity contribution in [3.05, 3.63) is 85.5 Å². The Balaban J connectivity index is 1.62. The molecule has 166 valence electrons. The van der Waals surface area contributed by atoms with Gasteiger partial charge in [-0.3, -0.25) is 29.9 Å². The molecule has 33 heavy (non-hydrogen) atoms. The highest BCUT2D eigenvalue weighted by atomic mass is 32.2. The molecule has 3 aromatic rings. The van der Waals surface area contributed by atoms with Crippen LogP contribution in [0.25, 0.3) is 17.4 Å². The van der Waals surface area contributed by atoms with Gasteiger partial charge < -0.3 is 9.15 Å².